The second-order valence-electron chi connectivity index (χ2n) is 13.2. The van der Waals surface area contributed by atoms with Gasteiger partial charge in [0.15, 0.2) is 0 Å². The standard InChI is InChI=1S/C41H53Br2NO/c1-3-5-7-9-11-13-15-17-19-36(20-18-16-14-12-10-8-6-4-2)45-37-25-23-35(24-26-37)44-38-29-33(42)27-31-21-22-32-28-34(43)30-39(44)41(32)40(31)38/h21-30,36H,3-20H2,1-2H3. The van der Waals surface area contributed by atoms with Crippen LogP contribution < -0.4 is 4.74 Å². The van der Waals surface area contributed by atoms with Crippen molar-refractivity contribution < 1.29 is 4.74 Å². The molecule has 0 N–H and O–H groups in total. The quantitative estimate of drug-likeness (QED) is 0.0541. The Kier molecular flexibility index (Phi) is 13.5. The minimum Gasteiger partial charge on any atom is -0.490 e. The smallest absolute Gasteiger partial charge is 0.119 e. The van der Waals surface area contributed by atoms with E-state index in [2.05, 4.69) is 111 Å². The molecule has 0 amide bonds. The summed E-state index contributed by atoms with van der Waals surface area (Å²) in [5, 5.41) is 5.19. The van der Waals surface area contributed by atoms with E-state index in [1.54, 1.807) is 0 Å². The maximum atomic E-state index is 6.73. The van der Waals surface area contributed by atoms with Gasteiger partial charge in [-0.3, -0.25) is 0 Å². The van der Waals surface area contributed by atoms with Crippen molar-refractivity contribution in [3.63, 3.8) is 0 Å². The van der Waals surface area contributed by atoms with Crippen LogP contribution in [-0.4, -0.2) is 10.7 Å². The molecule has 0 spiro atoms. The molecule has 1 aromatic heterocycles. The molecule has 5 aromatic rings. The van der Waals surface area contributed by atoms with Crippen LogP contribution in [0.15, 0.2) is 69.6 Å². The SMILES string of the molecule is CCCCCCCCCCC(CCCCCCCCCC)Oc1ccc(-n2c3cc(Br)cc4ccc5cc(Br)cc2c5c43)cc1. The minimum atomic E-state index is 0.307. The molecule has 1 heterocycles. The lowest BCUT2D eigenvalue weighted by Crippen LogP contribution is -2.16. The number of rotatable bonds is 21. The zero-order chi connectivity index (χ0) is 31.4. The van der Waals surface area contributed by atoms with Gasteiger partial charge in [-0.25, -0.2) is 0 Å². The highest BCUT2D eigenvalue weighted by Crippen LogP contribution is 2.41. The number of hydrogen-bond donors (Lipinski definition) is 0. The van der Waals surface area contributed by atoms with Crippen molar-refractivity contribution >= 4 is 64.4 Å². The van der Waals surface area contributed by atoms with Gasteiger partial charge in [0.1, 0.15) is 5.75 Å². The molecule has 0 atom stereocenters. The fourth-order valence-electron chi connectivity index (χ4n) is 7.11. The van der Waals surface area contributed by atoms with Gasteiger partial charge in [-0.2, -0.15) is 0 Å². The van der Waals surface area contributed by atoms with E-state index >= 15 is 0 Å². The maximum Gasteiger partial charge on any atom is 0.119 e. The average Bonchev–Trinajstić information content (AvgIpc) is 3.36. The summed E-state index contributed by atoms with van der Waals surface area (Å²) in [6.07, 6.45) is 24.4. The van der Waals surface area contributed by atoms with E-state index in [4.69, 9.17) is 4.74 Å². The van der Waals surface area contributed by atoms with Crippen LogP contribution in [0.4, 0.5) is 0 Å². The lowest BCUT2D eigenvalue weighted by Gasteiger charge is -2.20. The van der Waals surface area contributed by atoms with Crippen LogP contribution in [0.1, 0.15) is 129 Å². The van der Waals surface area contributed by atoms with Crippen LogP contribution in [0.3, 0.4) is 0 Å². The largest absolute Gasteiger partial charge is 0.490 e. The first-order chi connectivity index (χ1) is 22.1. The maximum absolute atomic E-state index is 6.73. The van der Waals surface area contributed by atoms with Crippen molar-refractivity contribution in [2.75, 3.05) is 0 Å². The van der Waals surface area contributed by atoms with Gasteiger partial charge in [-0.1, -0.05) is 148 Å². The van der Waals surface area contributed by atoms with Crippen LogP contribution in [0, 0.1) is 0 Å². The highest BCUT2D eigenvalue weighted by atomic mass is 79.9. The van der Waals surface area contributed by atoms with E-state index < -0.39 is 0 Å². The lowest BCUT2D eigenvalue weighted by atomic mass is 10.0. The van der Waals surface area contributed by atoms with Crippen molar-refractivity contribution in [3.8, 4) is 11.4 Å². The predicted molar refractivity (Wildman–Crippen MR) is 204 cm³/mol. The molecule has 0 fully saturated rings. The molecule has 5 rings (SSSR count). The lowest BCUT2D eigenvalue weighted by molar-refractivity contribution is 0.172. The zero-order valence-electron chi connectivity index (χ0n) is 27.7. The monoisotopic (exact) mass is 733 g/mol. The van der Waals surface area contributed by atoms with Gasteiger partial charge in [-0.05, 0) is 85.0 Å². The fraction of sp³-hybridized carbons (Fsp3) is 0.512. The van der Waals surface area contributed by atoms with E-state index in [9.17, 15) is 0 Å². The molecule has 0 saturated carbocycles. The molecule has 0 saturated heterocycles. The Balaban J connectivity index is 1.26. The van der Waals surface area contributed by atoms with Gasteiger partial charge in [0, 0.05) is 25.4 Å². The summed E-state index contributed by atoms with van der Waals surface area (Å²) in [6, 6.07) is 22.3. The summed E-state index contributed by atoms with van der Waals surface area (Å²) in [4.78, 5) is 0. The second kappa shape index (κ2) is 17.8. The Morgan fingerprint density at radius 3 is 1.40 bits per heavy atom. The second-order valence-corrected chi connectivity index (χ2v) is 15.0. The highest BCUT2D eigenvalue weighted by molar-refractivity contribution is 9.10. The molecule has 0 unspecified atom stereocenters. The topological polar surface area (TPSA) is 14.2 Å². The van der Waals surface area contributed by atoms with Crippen molar-refractivity contribution in [2.24, 2.45) is 0 Å². The number of unbranched alkanes of at least 4 members (excludes halogenated alkanes) is 14. The Bertz CT molecular complexity index is 1490. The van der Waals surface area contributed by atoms with Crippen LogP contribution >= 0.6 is 31.9 Å². The number of ether oxygens (including phenoxy) is 1. The number of aromatic nitrogens is 1. The van der Waals surface area contributed by atoms with Crippen molar-refractivity contribution in [3.05, 3.63) is 69.6 Å². The third-order valence-corrected chi connectivity index (χ3v) is 10.5. The Morgan fingerprint density at radius 2 is 0.956 bits per heavy atom. The zero-order valence-corrected chi connectivity index (χ0v) is 30.9. The van der Waals surface area contributed by atoms with Crippen LogP contribution in [0.25, 0.3) is 38.3 Å². The number of halogens is 2. The molecular formula is C41H53Br2NO. The van der Waals surface area contributed by atoms with E-state index in [-0.39, 0.29) is 0 Å². The predicted octanol–water partition coefficient (Wildman–Crippen LogP) is 14.7. The van der Waals surface area contributed by atoms with Crippen molar-refractivity contribution in [1.29, 1.82) is 0 Å². The number of nitrogens with zero attached hydrogens (tertiary/aromatic N) is 1. The Hall–Kier alpha value is -2.04. The van der Waals surface area contributed by atoms with E-state index in [0.717, 1.165) is 14.7 Å². The summed E-state index contributed by atoms with van der Waals surface area (Å²) >= 11 is 7.55. The summed E-state index contributed by atoms with van der Waals surface area (Å²) in [7, 11) is 0. The minimum absolute atomic E-state index is 0.307. The van der Waals surface area contributed by atoms with Gasteiger partial charge < -0.3 is 9.30 Å². The van der Waals surface area contributed by atoms with Crippen LogP contribution in [0.5, 0.6) is 5.75 Å². The average molecular weight is 736 g/mol. The first-order valence-electron chi connectivity index (χ1n) is 18.0. The summed E-state index contributed by atoms with van der Waals surface area (Å²) < 4.78 is 11.3. The van der Waals surface area contributed by atoms with Gasteiger partial charge in [0.05, 0.1) is 17.1 Å². The molecule has 0 radical (unpaired) electrons. The molecule has 4 heteroatoms. The van der Waals surface area contributed by atoms with Gasteiger partial charge in [-0.15, -0.1) is 0 Å². The van der Waals surface area contributed by atoms with Crippen molar-refractivity contribution in [1.82, 2.24) is 4.57 Å². The first kappa shape index (κ1) is 34.3. The third kappa shape index (κ3) is 9.28. The van der Waals surface area contributed by atoms with Gasteiger partial charge in [0.2, 0.25) is 0 Å². The van der Waals surface area contributed by atoms with E-state index in [1.807, 2.05) is 0 Å². The molecule has 0 bridgehead atoms. The van der Waals surface area contributed by atoms with E-state index in [1.165, 1.54) is 154 Å². The highest BCUT2D eigenvalue weighted by Gasteiger charge is 2.18. The first-order valence-corrected chi connectivity index (χ1v) is 19.6. The molecule has 242 valence electrons. The molecule has 0 aliphatic heterocycles. The third-order valence-electron chi connectivity index (χ3n) is 9.56. The summed E-state index contributed by atoms with van der Waals surface area (Å²) in [6.45, 7) is 4.59. The molecule has 45 heavy (non-hydrogen) atoms. The van der Waals surface area contributed by atoms with Crippen LogP contribution in [-0.2, 0) is 0 Å². The number of hydrogen-bond acceptors (Lipinski definition) is 1. The summed E-state index contributed by atoms with van der Waals surface area (Å²) in [5.74, 6) is 0.998. The van der Waals surface area contributed by atoms with Crippen LogP contribution in [0.2, 0.25) is 0 Å². The van der Waals surface area contributed by atoms with Crippen molar-refractivity contribution in [2.45, 2.75) is 136 Å². The molecule has 4 aromatic carbocycles. The molecular weight excluding hydrogens is 682 g/mol. The number of benzene rings is 4. The molecule has 0 aliphatic carbocycles. The van der Waals surface area contributed by atoms with Gasteiger partial charge in [0.25, 0.3) is 0 Å². The Labute approximate surface area is 288 Å². The normalized spacial score (nSPS) is 12.0. The molecule has 0 aliphatic rings. The fourth-order valence-corrected chi connectivity index (χ4v) is 8.04. The van der Waals surface area contributed by atoms with E-state index in [0.29, 0.717) is 6.10 Å². The Morgan fingerprint density at radius 1 is 0.533 bits per heavy atom. The van der Waals surface area contributed by atoms with Gasteiger partial charge >= 0.3 is 0 Å². The molecule has 2 nitrogen and oxygen atoms in total. The summed E-state index contributed by atoms with van der Waals surface area (Å²) in [5.41, 5.74) is 3.63.